The number of likely N-dealkylation sites (N-methyl/N-ethyl adjacent to an activating group) is 1. The van der Waals surface area contributed by atoms with Gasteiger partial charge in [-0.3, -0.25) is 0 Å². The third-order valence-corrected chi connectivity index (χ3v) is 2.08. The number of aliphatic hydroxyl groups excluding tert-OH is 1. The molecule has 0 aliphatic carbocycles. The van der Waals surface area contributed by atoms with Crippen molar-refractivity contribution in [2.75, 3.05) is 54.1 Å². The molecule has 5 heteroatoms. The summed E-state index contributed by atoms with van der Waals surface area (Å²) in [7, 11) is 5.69. The van der Waals surface area contributed by atoms with Gasteiger partial charge in [-0.25, -0.2) is 0 Å². The molecular weight excluding hydrogens is 208 g/mol. The summed E-state index contributed by atoms with van der Waals surface area (Å²) >= 11 is 0. The van der Waals surface area contributed by atoms with Crippen LogP contribution in [0, 0.1) is 0 Å². The van der Waals surface area contributed by atoms with Crippen molar-refractivity contribution in [1.29, 1.82) is 0 Å². The Hall–Kier alpha value is -0.200. The van der Waals surface area contributed by atoms with Crippen LogP contribution in [0.5, 0.6) is 0 Å². The van der Waals surface area contributed by atoms with Gasteiger partial charge < -0.3 is 24.8 Å². The van der Waals surface area contributed by atoms with Crippen molar-refractivity contribution in [3.63, 3.8) is 0 Å². The summed E-state index contributed by atoms with van der Waals surface area (Å²) in [6.45, 7) is 5.06. The second kappa shape index (κ2) is 9.99. The maximum absolute atomic E-state index is 9.59. The van der Waals surface area contributed by atoms with E-state index in [4.69, 9.17) is 9.47 Å². The fourth-order valence-electron chi connectivity index (χ4n) is 1.37. The van der Waals surface area contributed by atoms with Crippen LogP contribution < -0.4 is 5.32 Å². The minimum atomic E-state index is -0.457. The van der Waals surface area contributed by atoms with Gasteiger partial charge in [0.1, 0.15) is 0 Å². The highest BCUT2D eigenvalue weighted by Gasteiger charge is 2.07. The summed E-state index contributed by atoms with van der Waals surface area (Å²) in [6, 6.07) is 0.364. The lowest BCUT2D eigenvalue weighted by Crippen LogP contribution is -2.41. The zero-order valence-electron chi connectivity index (χ0n) is 10.9. The number of ether oxygens (including phenoxy) is 2. The average molecular weight is 234 g/mol. The molecule has 2 atom stereocenters. The third kappa shape index (κ3) is 10.3. The van der Waals surface area contributed by atoms with Gasteiger partial charge in [0.05, 0.1) is 25.9 Å². The Balaban J connectivity index is 3.38. The van der Waals surface area contributed by atoms with Crippen molar-refractivity contribution in [3.8, 4) is 0 Å². The van der Waals surface area contributed by atoms with Crippen molar-refractivity contribution in [3.05, 3.63) is 0 Å². The molecule has 2 unspecified atom stereocenters. The fraction of sp³-hybridized carbons (Fsp3) is 1.00. The van der Waals surface area contributed by atoms with Crippen LogP contribution >= 0.6 is 0 Å². The van der Waals surface area contributed by atoms with Crippen LogP contribution in [0.25, 0.3) is 0 Å². The van der Waals surface area contributed by atoms with Crippen LogP contribution in [-0.4, -0.2) is 76.3 Å². The van der Waals surface area contributed by atoms with E-state index in [9.17, 15) is 5.11 Å². The van der Waals surface area contributed by atoms with Gasteiger partial charge in [0.25, 0.3) is 0 Å². The summed E-state index contributed by atoms with van der Waals surface area (Å²) in [5.41, 5.74) is 0. The summed E-state index contributed by atoms with van der Waals surface area (Å²) in [6.07, 6.45) is -0.457. The van der Waals surface area contributed by atoms with Crippen molar-refractivity contribution in [1.82, 2.24) is 10.2 Å². The van der Waals surface area contributed by atoms with E-state index in [0.717, 1.165) is 6.54 Å². The van der Waals surface area contributed by atoms with Gasteiger partial charge in [-0.1, -0.05) is 0 Å². The van der Waals surface area contributed by atoms with Crippen molar-refractivity contribution in [2.45, 2.75) is 19.1 Å². The fourth-order valence-corrected chi connectivity index (χ4v) is 1.37. The predicted molar refractivity (Wildman–Crippen MR) is 64.7 cm³/mol. The quantitative estimate of drug-likeness (QED) is 0.502. The minimum absolute atomic E-state index is 0.352. The lowest BCUT2D eigenvalue weighted by atomic mass is 10.3. The Labute approximate surface area is 98.7 Å². The Morgan fingerprint density at radius 1 is 1.31 bits per heavy atom. The molecule has 0 aliphatic heterocycles. The standard InChI is InChI=1S/C11H26N2O3/c1-10(8-13(2)3)12-7-11(14)9-16-6-5-15-4/h10-12,14H,5-9H2,1-4H3. The van der Waals surface area contributed by atoms with E-state index in [2.05, 4.69) is 17.1 Å². The Kier molecular flexibility index (Phi) is 9.86. The Morgan fingerprint density at radius 3 is 2.56 bits per heavy atom. The zero-order chi connectivity index (χ0) is 12.4. The molecule has 16 heavy (non-hydrogen) atoms. The SMILES string of the molecule is COCCOCC(O)CNC(C)CN(C)C. The molecule has 0 aromatic heterocycles. The van der Waals surface area contributed by atoms with Crippen LogP contribution in [0.1, 0.15) is 6.92 Å². The van der Waals surface area contributed by atoms with Gasteiger partial charge in [0.2, 0.25) is 0 Å². The second-order valence-corrected chi connectivity index (χ2v) is 4.29. The topological polar surface area (TPSA) is 54.0 Å². The maximum atomic E-state index is 9.59. The average Bonchev–Trinajstić information content (AvgIpc) is 2.20. The molecule has 0 aliphatic rings. The van der Waals surface area contributed by atoms with Crippen LogP contribution in [0.15, 0.2) is 0 Å². The van der Waals surface area contributed by atoms with E-state index in [-0.39, 0.29) is 0 Å². The first-order chi connectivity index (χ1) is 7.56. The van der Waals surface area contributed by atoms with E-state index in [1.54, 1.807) is 7.11 Å². The van der Waals surface area contributed by atoms with Crippen molar-refractivity contribution < 1.29 is 14.6 Å². The molecule has 0 aromatic carbocycles. The van der Waals surface area contributed by atoms with Gasteiger partial charge in [-0.2, -0.15) is 0 Å². The highest BCUT2D eigenvalue weighted by atomic mass is 16.5. The highest BCUT2D eigenvalue weighted by Crippen LogP contribution is 1.88. The Bertz CT molecular complexity index is 156. The lowest BCUT2D eigenvalue weighted by Gasteiger charge is -2.20. The number of aliphatic hydroxyl groups is 1. The zero-order valence-corrected chi connectivity index (χ0v) is 10.9. The van der Waals surface area contributed by atoms with Gasteiger partial charge >= 0.3 is 0 Å². The Morgan fingerprint density at radius 2 is 2.00 bits per heavy atom. The first-order valence-corrected chi connectivity index (χ1v) is 5.69. The van der Waals surface area contributed by atoms with Crippen LogP contribution in [-0.2, 0) is 9.47 Å². The largest absolute Gasteiger partial charge is 0.389 e. The van der Waals surface area contributed by atoms with Crippen LogP contribution in [0.4, 0.5) is 0 Å². The van der Waals surface area contributed by atoms with Crippen molar-refractivity contribution >= 4 is 0 Å². The molecule has 0 spiro atoms. The number of rotatable bonds is 10. The van der Waals surface area contributed by atoms with E-state index >= 15 is 0 Å². The number of methoxy groups -OCH3 is 1. The van der Waals surface area contributed by atoms with Gasteiger partial charge in [0, 0.05) is 26.2 Å². The summed E-state index contributed by atoms with van der Waals surface area (Å²) in [5, 5.41) is 12.8. The normalized spacial score (nSPS) is 15.4. The molecule has 0 radical (unpaired) electrons. The molecule has 2 N–H and O–H groups in total. The van der Waals surface area contributed by atoms with Crippen molar-refractivity contribution in [2.24, 2.45) is 0 Å². The van der Waals surface area contributed by atoms with Crippen LogP contribution in [0.3, 0.4) is 0 Å². The molecule has 0 saturated heterocycles. The van der Waals surface area contributed by atoms with Gasteiger partial charge in [-0.15, -0.1) is 0 Å². The molecule has 0 heterocycles. The first kappa shape index (κ1) is 15.8. The molecule has 0 rings (SSSR count). The molecule has 0 saturated carbocycles. The molecule has 0 fully saturated rings. The molecule has 98 valence electrons. The number of hydrogen-bond acceptors (Lipinski definition) is 5. The van der Waals surface area contributed by atoms with E-state index in [1.807, 2.05) is 14.1 Å². The number of nitrogens with one attached hydrogen (secondary N) is 1. The molecule has 5 nitrogen and oxygen atoms in total. The smallest absolute Gasteiger partial charge is 0.0897 e. The van der Waals surface area contributed by atoms with E-state index < -0.39 is 6.10 Å². The lowest BCUT2D eigenvalue weighted by molar-refractivity contribution is 0.0128. The van der Waals surface area contributed by atoms with Gasteiger partial charge in [-0.05, 0) is 21.0 Å². The molecule has 0 amide bonds. The maximum Gasteiger partial charge on any atom is 0.0897 e. The predicted octanol–water partition coefficient (Wildman–Crippen LogP) is -0.450. The molecule has 0 aromatic rings. The highest BCUT2D eigenvalue weighted by molar-refractivity contribution is 4.66. The number of nitrogens with zero attached hydrogens (tertiary/aromatic N) is 1. The summed E-state index contributed by atoms with van der Waals surface area (Å²) in [4.78, 5) is 2.11. The second-order valence-electron chi connectivity index (χ2n) is 4.29. The van der Waals surface area contributed by atoms with Crippen LogP contribution in [0.2, 0.25) is 0 Å². The van der Waals surface area contributed by atoms with E-state index in [0.29, 0.717) is 32.4 Å². The monoisotopic (exact) mass is 234 g/mol. The van der Waals surface area contributed by atoms with E-state index in [1.165, 1.54) is 0 Å². The third-order valence-electron chi connectivity index (χ3n) is 2.08. The van der Waals surface area contributed by atoms with Gasteiger partial charge in [0.15, 0.2) is 0 Å². The number of hydrogen-bond donors (Lipinski definition) is 2. The molecular formula is C11H26N2O3. The summed E-state index contributed by atoms with van der Waals surface area (Å²) < 4.78 is 10.1. The summed E-state index contributed by atoms with van der Waals surface area (Å²) in [5.74, 6) is 0. The minimum Gasteiger partial charge on any atom is -0.389 e. The molecule has 0 bridgehead atoms. The first-order valence-electron chi connectivity index (χ1n) is 5.69.